The van der Waals surface area contributed by atoms with Crippen LogP contribution in [0.25, 0.3) is 0 Å². The first-order chi connectivity index (χ1) is 11.5. The lowest BCUT2D eigenvalue weighted by atomic mass is 9.80. The summed E-state index contributed by atoms with van der Waals surface area (Å²) in [5, 5.41) is 2.95. The van der Waals surface area contributed by atoms with Gasteiger partial charge in [-0.25, -0.2) is 4.79 Å². The molecule has 3 heterocycles. The van der Waals surface area contributed by atoms with Crippen molar-refractivity contribution >= 4 is 11.9 Å². The molecule has 6 heteroatoms. The number of hydrogen-bond donors (Lipinski definition) is 1. The van der Waals surface area contributed by atoms with E-state index in [9.17, 15) is 9.59 Å². The molecule has 3 rings (SSSR count). The molecular weight excluding hydrogens is 304 g/mol. The van der Waals surface area contributed by atoms with Gasteiger partial charge in [-0.2, -0.15) is 0 Å². The highest BCUT2D eigenvalue weighted by Gasteiger charge is 2.52. The molecular formula is C18H26N4O2. The van der Waals surface area contributed by atoms with Crippen LogP contribution in [-0.4, -0.2) is 58.4 Å². The van der Waals surface area contributed by atoms with Gasteiger partial charge in [0.2, 0.25) is 0 Å². The minimum absolute atomic E-state index is 0.0732. The maximum Gasteiger partial charge on any atom is 0.325 e. The molecule has 2 fully saturated rings. The lowest BCUT2D eigenvalue weighted by Gasteiger charge is -2.39. The molecule has 2 aliphatic heterocycles. The van der Waals surface area contributed by atoms with Crippen LogP contribution >= 0.6 is 0 Å². The number of pyridine rings is 1. The van der Waals surface area contributed by atoms with Crippen molar-refractivity contribution in [2.24, 2.45) is 5.92 Å². The van der Waals surface area contributed by atoms with Crippen molar-refractivity contribution in [3.63, 3.8) is 0 Å². The molecule has 1 aromatic rings. The molecule has 130 valence electrons. The highest BCUT2D eigenvalue weighted by molar-refractivity contribution is 6.07. The number of likely N-dealkylation sites (N-methyl/N-ethyl adjacent to an activating group) is 1. The summed E-state index contributed by atoms with van der Waals surface area (Å²) < 4.78 is 0. The predicted octanol–water partition coefficient (Wildman–Crippen LogP) is 1.67. The van der Waals surface area contributed by atoms with Crippen LogP contribution in [0.4, 0.5) is 4.79 Å². The average molecular weight is 330 g/mol. The normalized spacial score (nSPS) is 28.2. The molecule has 1 N–H and O–H groups in total. The van der Waals surface area contributed by atoms with Crippen LogP contribution in [0.1, 0.15) is 32.3 Å². The second-order valence-corrected chi connectivity index (χ2v) is 6.93. The van der Waals surface area contributed by atoms with E-state index in [1.165, 1.54) is 10.5 Å². The van der Waals surface area contributed by atoms with E-state index < -0.39 is 5.54 Å². The van der Waals surface area contributed by atoms with Crippen molar-refractivity contribution in [1.29, 1.82) is 0 Å². The van der Waals surface area contributed by atoms with E-state index in [0.29, 0.717) is 6.54 Å². The van der Waals surface area contributed by atoms with Gasteiger partial charge in [0, 0.05) is 37.9 Å². The number of carbonyl (C=O) groups is 2. The Kier molecular flexibility index (Phi) is 4.85. The van der Waals surface area contributed by atoms with Crippen molar-refractivity contribution in [3.8, 4) is 0 Å². The maximum atomic E-state index is 12.7. The third kappa shape index (κ3) is 3.15. The zero-order valence-corrected chi connectivity index (χ0v) is 14.5. The summed E-state index contributed by atoms with van der Waals surface area (Å²) in [5.74, 6) is 0.0904. The number of rotatable bonds is 5. The third-order valence-corrected chi connectivity index (χ3v) is 5.41. The van der Waals surface area contributed by atoms with E-state index in [1.54, 1.807) is 0 Å². The van der Waals surface area contributed by atoms with E-state index in [0.717, 1.165) is 38.9 Å². The van der Waals surface area contributed by atoms with Crippen LogP contribution in [0.5, 0.6) is 0 Å². The smallest absolute Gasteiger partial charge is 0.323 e. The van der Waals surface area contributed by atoms with E-state index in [-0.39, 0.29) is 17.9 Å². The Morgan fingerprint density at radius 3 is 2.75 bits per heavy atom. The van der Waals surface area contributed by atoms with Gasteiger partial charge in [0.05, 0.1) is 0 Å². The molecule has 2 atom stereocenters. The molecule has 2 saturated heterocycles. The first kappa shape index (κ1) is 16.9. The second kappa shape index (κ2) is 6.89. The fourth-order valence-electron chi connectivity index (χ4n) is 3.85. The summed E-state index contributed by atoms with van der Waals surface area (Å²) in [4.78, 5) is 32.5. The maximum absolute atomic E-state index is 12.7. The van der Waals surface area contributed by atoms with Gasteiger partial charge in [-0.1, -0.05) is 0 Å². The molecule has 3 amide bonds. The van der Waals surface area contributed by atoms with Gasteiger partial charge in [-0.15, -0.1) is 0 Å². The Hall–Kier alpha value is -1.95. The second-order valence-electron chi connectivity index (χ2n) is 6.93. The van der Waals surface area contributed by atoms with Crippen molar-refractivity contribution in [2.45, 2.75) is 38.6 Å². The summed E-state index contributed by atoms with van der Waals surface area (Å²) in [5.41, 5.74) is 0.517. The van der Waals surface area contributed by atoms with Crippen molar-refractivity contribution in [2.75, 3.05) is 26.2 Å². The standard InChI is InChI=1S/C18H26N4O2/c1-3-22-16(23)18(2,20-17(22)24)15-5-4-11-21(13-15)12-8-14-6-9-19-10-7-14/h6-7,9-10,15H,3-5,8,11-13H2,1-2H3,(H,20,24)/t15-,18+/m0/s1. The Morgan fingerprint density at radius 1 is 1.33 bits per heavy atom. The zero-order valence-electron chi connectivity index (χ0n) is 14.5. The van der Waals surface area contributed by atoms with E-state index >= 15 is 0 Å². The van der Waals surface area contributed by atoms with Crippen LogP contribution in [0, 0.1) is 5.92 Å². The fraction of sp³-hybridized carbons (Fsp3) is 0.611. The number of likely N-dealkylation sites (tertiary alicyclic amines) is 1. The summed E-state index contributed by atoms with van der Waals surface area (Å²) >= 11 is 0. The van der Waals surface area contributed by atoms with Crippen molar-refractivity contribution in [1.82, 2.24) is 20.1 Å². The highest BCUT2D eigenvalue weighted by atomic mass is 16.2. The number of nitrogens with one attached hydrogen (secondary N) is 1. The number of hydrogen-bond acceptors (Lipinski definition) is 4. The lowest BCUT2D eigenvalue weighted by Crippen LogP contribution is -2.56. The molecule has 1 aromatic heterocycles. The van der Waals surface area contributed by atoms with E-state index in [2.05, 4.69) is 15.2 Å². The van der Waals surface area contributed by atoms with Gasteiger partial charge in [0.1, 0.15) is 5.54 Å². The molecule has 0 bridgehead atoms. The Labute approximate surface area is 143 Å². The van der Waals surface area contributed by atoms with Crippen LogP contribution < -0.4 is 5.32 Å². The Morgan fingerprint density at radius 2 is 2.08 bits per heavy atom. The Bertz CT molecular complexity index is 606. The van der Waals surface area contributed by atoms with Crippen LogP contribution in [0.2, 0.25) is 0 Å². The number of piperidine rings is 1. The van der Waals surface area contributed by atoms with Gasteiger partial charge >= 0.3 is 6.03 Å². The average Bonchev–Trinajstić information content (AvgIpc) is 2.84. The topological polar surface area (TPSA) is 65.5 Å². The molecule has 0 unspecified atom stereocenters. The number of aromatic nitrogens is 1. The number of carbonyl (C=O) groups excluding carboxylic acids is 2. The van der Waals surface area contributed by atoms with Gasteiger partial charge in [-0.3, -0.25) is 14.7 Å². The summed E-state index contributed by atoms with van der Waals surface area (Å²) in [6.07, 6.45) is 6.66. The van der Waals surface area contributed by atoms with Crippen molar-refractivity contribution < 1.29 is 9.59 Å². The molecule has 0 aromatic carbocycles. The summed E-state index contributed by atoms with van der Waals surface area (Å²) in [6, 6.07) is 3.84. The van der Waals surface area contributed by atoms with E-state index in [1.807, 2.05) is 38.4 Å². The molecule has 2 aliphatic rings. The fourth-order valence-corrected chi connectivity index (χ4v) is 3.85. The van der Waals surface area contributed by atoms with Gasteiger partial charge < -0.3 is 10.2 Å². The first-order valence-corrected chi connectivity index (χ1v) is 8.80. The quantitative estimate of drug-likeness (QED) is 0.834. The molecule has 6 nitrogen and oxygen atoms in total. The predicted molar refractivity (Wildman–Crippen MR) is 91.4 cm³/mol. The van der Waals surface area contributed by atoms with Crippen LogP contribution in [0.3, 0.4) is 0 Å². The van der Waals surface area contributed by atoms with Gasteiger partial charge in [-0.05, 0) is 57.4 Å². The monoisotopic (exact) mass is 330 g/mol. The highest BCUT2D eigenvalue weighted by Crippen LogP contribution is 2.32. The van der Waals surface area contributed by atoms with Crippen LogP contribution in [0.15, 0.2) is 24.5 Å². The van der Waals surface area contributed by atoms with Gasteiger partial charge in [0.15, 0.2) is 0 Å². The number of amides is 3. The van der Waals surface area contributed by atoms with Crippen molar-refractivity contribution in [3.05, 3.63) is 30.1 Å². The van der Waals surface area contributed by atoms with Crippen LogP contribution in [-0.2, 0) is 11.2 Å². The molecule has 0 radical (unpaired) electrons. The SMILES string of the molecule is CCN1C(=O)N[C@](C)([C@H]2CCCN(CCc3ccncc3)C2)C1=O. The number of urea groups is 1. The molecule has 24 heavy (non-hydrogen) atoms. The largest absolute Gasteiger partial charge is 0.325 e. The Balaban J connectivity index is 1.63. The number of nitrogens with zero attached hydrogens (tertiary/aromatic N) is 3. The minimum atomic E-state index is -0.761. The summed E-state index contributed by atoms with van der Waals surface area (Å²) in [7, 11) is 0. The summed E-state index contributed by atoms with van der Waals surface area (Å²) in [6.45, 7) is 7.03. The van der Waals surface area contributed by atoms with E-state index in [4.69, 9.17) is 0 Å². The first-order valence-electron chi connectivity index (χ1n) is 8.80. The molecule has 0 saturated carbocycles. The zero-order chi connectivity index (χ0) is 17.2. The minimum Gasteiger partial charge on any atom is -0.323 e. The molecule has 0 aliphatic carbocycles. The number of imide groups is 1. The van der Waals surface area contributed by atoms with Gasteiger partial charge in [0.25, 0.3) is 5.91 Å². The lowest BCUT2D eigenvalue weighted by molar-refractivity contribution is -0.133. The third-order valence-electron chi connectivity index (χ3n) is 5.41. The molecule has 0 spiro atoms.